The maximum absolute atomic E-state index is 7.78. The van der Waals surface area contributed by atoms with E-state index in [-0.39, 0.29) is 5.41 Å². The van der Waals surface area contributed by atoms with Crippen molar-refractivity contribution in [2.75, 3.05) is 20.2 Å². The van der Waals surface area contributed by atoms with Crippen LogP contribution in [0.3, 0.4) is 0 Å². The van der Waals surface area contributed by atoms with Gasteiger partial charge in [-0.05, 0) is 75.3 Å². The zero-order valence-electron chi connectivity index (χ0n) is 17.7. The first kappa shape index (κ1) is 9.19. The third-order valence-corrected chi connectivity index (χ3v) is 6.25. The maximum Gasteiger partial charge on any atom is 0.119 e. The van der Waals surface area contributed by atoms with Gasteiger partial charge in [0.1, 0.15) is 5.75 Å². The summed E-state index contributed by atoms with van der Waals surface area (Å²) in [5, 5.41) is 0. The fraction of sp³-hybridized carbons (Fsp3) is 0.684. The van der Waals surface area contributed by atoms with Crippen molar-refractivity contribution in [3.8, 4) is 5.75 Å². The van der Waals surface area contributed by atoms with Crippen LogP contribution in [0.5, 0.6) is 5.75 Å². The van der Waals surface area contributed by atoms with Gasteiger partial charge in [0.25, 0.3) is 0 Å². The molecule has 0 radical (unpaired) electrons. The summed E-state index contributed by atoms with van der Waals surface area (Å²) >= 11 is 0. The van der Waals surface area contributed by atoms with Crippen molar-refractivity contribution in [3.63, 3.8) is 0 Å². The first-order chi connectivity index (χ1) is 12.1. The zero-order chi connectivity index (χ0) is 18.7. The second-order valence-corrected chi connectivity index (χ2v) is 7.03. The van der Waals surface area contributed by atoms with E-state index in [1.807, 2.05) is 12.1 Å². The highest BCUT2D eigenvalue weighted by Crippen LogP contribution is 2.55. The second kappa shape index (κ2) is 5.01. The molecule has 2 nitrogen and oxygen atoms in total. The predicted molar refractivity (Wildman–Crippen MR) is 86.0 cm³/mol. The Balaban J connectivity index is 1.74. The Hall–Kier alpha value is -1.02. The van der Waals surface area contributed by atoms with Crippen molar-refractivity contribution >= 4 is 0 Å². The molecule has 21 heavy (non-hydrogen) atoms. The number of ether oxygens (including phenoxy) is 1. The molecule has 114 valence electrons. The minimum absolute atomic E-state index is 0.148. The van der Waals surface area contributed by atoms with E-state index in [9.17, 15) is 0 Å². The summed E-state index contributed by atoms with van der Waals surface area (Å²) in [5.74, 6) is 0.970. The van der Waals surface area contributed by atoms with E-state index in [1.54, 1.807) is 6.07 Å². The number of hydrogen-bond donors (Lipinski definition) is 0. The van der Waals surface area contributed by atoms with Gasteiger partial charge in [0.05, 0.1) is 9.30 Å². The van der Waals surface area contributed by atoms with E-state index in [1.165, 1.54) is 36.8 Å². The first-order valence-corrected chi connectivity index (χ1v) is 8.17. The lowest BCUT2D eigenvalue weighted by Crippen LogP contribution is -2.59. The molecule has 3 aliphatic rings. The molecule has 1 heterocycles. The van der Waals surface area contributed by atoms with Crippen molar-refractivity contribution in [1.29, 1.82) is 0 Å². The van der Waals surface area contributed by atoms with Gasteiger partial charge in [0.15, 0.2) is 0 Å². The molecule has 0 unspecified atom stereocenters. The van der Waals surface area contributed by atoms with Crippen LogP contribution < -0.4 is 4.74 Å². The van der Waals surface area contributed by atoms with Crippen molar-refractivity contribution < 1.29 is 11.6 Å². The van der Waals surface area contributed by atoms with Crippen molar-refractivity contribution in [2.24, 2.45) is 5.92 Å². The summed E-state index contributed by atoms with van der Waals surface area (Å²) in [4.78, 5) is 2.51. The molecule has 1 saturated carbocycles. The van der Waals surface area contributed by atoms with Crippen molar-refractivity contribution in [1.82, 2.24) is 4.90 Å². The molecule has 2 heteroatoms. The monoisotopic (exact) mass is 290 g/mol. The molecule has 2 aliphatic carbocycles. The molecule has 2 bridgehead atoms. The number of hydrogen-bond acceptors (Lipinski definition) is 2. The molecule has 4 rings (SSSR count). The molecule has 0 aromatic heterocycles. The highest BCUT2D eigenvalue weighted by Gasteiger charge is 2.53. The van der Waals surface area contributed by atoms with Gasteiger partial charge in [0, 0.05) is 15.6 Å². The van der Waals surface area contributed by atoms with Crippen LogP contribution >= 0.6 is 0 Å². The zero-order valence-corrected chi connectivity index (χ0v) is 12.7. The van der Waals surface area contributed by atoms with Gasteiger partial charge in [0.2, 0.25) is 0 Å². The number of likely N-dealkylation sites (N-methyl/N-ethyl adjacent to an activating group) is 1. The Morgan fingerprint density at radius 3 is 3.29 bits per heavy atom. The molecule has 1 aliphatic heterocycles. The van der Waals surface area contributed by atoms with Crippen LogP contribution in [0.2, 0.25) is 0 Å². The quantitative estimate of drug-likeness (QED) is 0.822. The lowest BCUT2D eigenvalue weighted by Gasteiger charge is -2.58. The molecule has 0 N–H and O–H groups in total. The average Bonchev–Trinajstić information content (AvgIpc) is 2.57. The summed E-state index contributed by atoms with van der Waals surface area (Å²) in [6.07, 6.45) is 7.07. The normalized spacial score (nSPS) is 39.8. The fourth-order valence-corrected chi connectivity index (χ4v) is 5.30. The Morgan fingerprint density at radius 1 is 1.43 bits per heavy atom. The number of rotatable bonds is 2. The molecule has 1 aromatic rings. The Kier molecular flexibility index (Phi) is 2.20. The van der Waals surface area contributed by atoms with Gasteiger partial charge in [-0.25, -0.2) is 0 Å². The van der Waals surface area contributed by atoms with Gasteiger partial charge in [-0.15, -0.1) is 0 Å². The molecule has 3 atom stereocenters. The van der Waals surface area contributed by atoms with Gasteiger partial charge in [-0.1, -0.05) is 18.9 Å². The van der Waals surface area contributed by atoms with Crippen molar-refractivity contribution in [2.45, 2.75) is 56.8 Å². The van der Waals surface area contributed by atoms with Crippen LogP contribution in [-0.4, -0.2) is 31.1 Å². The number of benzene rings is 1. The van der Waals surface area contributed by atoms with Crippen LogP contribution in [0.1, 0.15) is 56.9 Å². The summed E-state index contributed by atoms with van der Waals surface area (Å²) in [6, 6.07) is 6.28. The summed E-state index contributed by atoms with van der Waals surface area (Å²) < 4.78 is 43.0. The van der Waals surface area contributed by atoms with E-state index in [4.69, 9.17) is 11.6 Å². The molecular formula is C19H27NO. The molecular weight excluding hydrogens is 258 g/mol. The van der Waals surface area contributed by atoms with Gasteiger partial charge in [-0.3, -0.25) is 0 Å². The largest absolute Gasteiger partial charge is 0.494 e. The Bertz CT molecular complexity index is 704. The van der Waals surface area contributed by atoms with Crippen LogP contribution in [-0.2, 0) is 11.8 Å². The third kappa shape index (κ3) is 1.95. The fourth-order valence-electron chi connectivity index (χ4n) is 5.30. The Morgan fingerprint density at radius 2 is 2.38 bits per heavy atom. The van der Waals surface area contributed by atoms with Gasteiger partial charge < -0.3 is 9.64 Å². The lowest BCUT2D eigenvalue weighted by molar-refractivity contribution is 0.00271. The molecule has 2 fully saturated rings. The van der Waals surface area contributed by atoms with Crippen LogP contribution in [0, 0.1) is 5.92 Å². The van der Waals surface area contributed by atoms with E-state index >= 15 is 0 Å². The van der Waals surface area contributed by atoms with E-state index < -0.39 is 13.4 Å². The number of nitrogens with zero attached hydrogens (tertiary/aromatic N) is 1. The van der Waals surface area contributed by atoms with Gasteiger partial charge in [-0.2, -0.15) is 0 Å². The molecule has 0 amide bonds. The second-order valence-electron chi connectivity index (χ2n) is 7.03. The van der Waals surface area contributed by atoms with E-state index in [0.29, 0.717) is 17.7 Å². The number of piperidine rings is 1. The maximum atomic E-state index is 7.78. The summed E-state index contributed by atoms with van der Waals surface area (Å²) in [5.41, 5.74) is 2.75. The molecule has 0 spiro atoms. The van der Waals surface area contributed by atoms with E-state index in [2.05, 4.69) is 11.9 Å². The highest BCUT2D eigenvalue weighted by atomic mass is 16.5. The molecule has 1 aromatic carbocycles. The van der Waals surface area contributed by atoms with Crippen LogP contribution in [0.25, 0.3) is 0 Å². The topological polar surface area (TPSA) is 12.5 Å². The third-order valence-electron chi connectivity index (χ3n) is 6.25. The van der Waals surface area contributed by atoms with E-state index in [0.717, 1.165) is 19.4 Å². The SMILES string of the molecule is [2H]C([2H])([2H])C([2H])([2H])Oc1ccc2c(c1)[C@@]13CCCC[C@H]1[C@@H](C2)N(C)CC3. The first-order valence-electron chi connectivity index (χ1n) is 10.7. The van der Waals surface area contributed by atoms with Crippen LogP contribution in [0.4, 0.5) is 0 Å². The minimum Gasteiger partial charge on any atom is -0.494 e. The highest BCUT2D eigenvalue weighted by molar-refractivity contribution is 5.45. The minimum atomic E-state index is -2.81. The standard InChI is InChI=1S/C19H27NO/c1-3-21-15-8-7-14-12-18-16-6-4-5-9-19(16,17(14)13-15)10-11-20(18)2/h7-8,13,16,18H,3-6,9-12H2,1-2H3/t16-,18+,19+/m0/s1/i1D3,3D2. The van der Waals surface area contributed by atoms with Crippen molar-refractivity contribution in [3.05, 3.63) is 29.3 Å². The average molecular weight is 290 g/mol. The number of likely N-dealkylation sites (tertiary alicyclic amines) is 1. The van der Waals surface area contributed by atoms with Gasteiger partial charge >= 0.3 is 0 Å². The Labute approximate surface area is 135 Å². The molecule has 1 saturated heterocycles. The number of fused-ring (bicyclic) bond motifs is 1. The van der Waals surface area contributed by atoms with Crippen LogP contribution in [0.15, 0.2) is 18.2 Å². The summed E-state index contributed by atoms with van der Waals surface area (Å²) in [7, 11) is 2.23. The lowest BCUT2D eigenvalue weighted by atomic mass is 9.52. The smallest absolute Gasteiger partial charge is 0.119 e. The summed E-state index contributed by atoms with van der Waals surface area (Å²) in [6.45, 7) is -4.41. The predicted octanol–water partition coefficient (Wildman–Crippen LogP) is 3.77.